The highest BCUT2D eigenvalue weighted by Gasteiger charge is 2.42. The summed E-state index contributed by atoms with van der Waals surface area (Å²) < 4.78 is 71.0. The van der Waals surface area contributed by atoms with E-state index in [-0.39, 0.29) is 57.3 Å². The number of aromatic nitrogens is 1. The molecule has 236 valence electrons. The second-order valence-electron chi connectivity index (χ2n) is 10.2. The largest absolute Gasteiger partial charge is 0.619 e. The van der Waals surface area contributed by atoms with Crippen molar-refractivity contribution in [2.45, 2.75) is 42.2 Å². The number of nitrogen functional groups attached to an aromatic ring is 1. The SMILES string of the molecule is Nc1cccc(S(=O)(=O)N2CCS[C@H]2C(=O)O[C@@H](Cc2c(Cl)c[n+]([O-])cc2Cl)c2ccc(OC(F)F)c(OCC3CC3)c2)c1. The van der Waals surface area contributed by atoms with Crippen LogP contribution in [0.5, 0.6) is 11.5 Å². The number of nitrogens with zero attached hydrogens (tertiary/aromatic N) is 2. The van der Waals surface area contributed by atoms with Crippen molar-refractivity contribution in [3.8, 4) is 11.5 Å². The van der Waals surface area contributed by atoms with Crippen LogP contribution in [0.15, 0.2) is 59.8 Å². The first-order valence-corrected chi connectivity index (χ1v) is 16.6. The minimum Gasteiger partial charge on any atom is -0.619 e. The number of pyridine rings is 1. The average molecular weight is 691 g/mol. The van der Waals surface area contributed by atoms with Gasteiger partial charge >= 0.3 is 12.6 Å². The van der Waals surface area contributed by atoms with Gasteiger partial charge in [-0.05, 0) is 54.7 Å². The predicted molar refractivity (Wildman–Crippen MR) is 160 cm³/mol. The van der Waals surface area contributed by atoms with Crippen LogP contribution in [0, 0.1) is 11.1 Å². The molecule has 1 aliphatic carbocycles. The van der Waals surface area contributed by atoms with E-state index < -0.39 is 34.1 Å². The van der Waals surface area contributed by atoms with Crippen LogP contribution >= 0.6 is 35.0 Å². The van der Waals surface area contributed by atoms with E-state index in [0.29, 0.717) is 22.0 Å². The summed E-state index contributed by atoms with van der Waals surface area (Å²) in [6.45, 7) is -2.78. The fraction of sp³-hybridized carbons (Fsp3) is 0.357. The van der Waals surface area contributed by atoms with Gasteiger partial charge in [0.05, 0.1) is 11.5 Å². The molecule has 16 heteroatoms. The van der Waals surface area contributed by atoms with E-state index in [1.807, 2.05) is 0 Å². The first-order valence-electron chi connectivity index (χ1n) is 13.4. The monoisotopic (exact) mass is 689 g/mol. The maximum absolute atomic E-state index is 13.7. The Morgan fingerprint density at radius 2 is 1.86 bits per heavy atom. The molecule has 5 rings (SSSR count). The molecule has 3 aromatic rings. The summed E-state index contributed by atoms with van der Waals surface area (Å²) in [6, 6.07) is 9.83. The number of halogens is 4. The Labute approximate surface area is 266 Å². The van der Waals surface area contributed by atoms with E-state index in [2.05, 4.69) is 4.74 Å². The predicted octanol–water partition coefficient (Wildman–Crippen LogP) is 5.19. The van der Waals surface area contributed by atoms with E-state index in [0.717, 1.165) is 41.3 Å². The third-order valence-corrected chi connectivity index (χ3v) is 10.8. The number of carbonyl (C=O) groups excluding carboxylic acids is 1. The van der Waals surface area contributed by atoms with Crippen molar-refractivity contribution in [1.29, 1.82) is 0 Å². The molecule has 44 heavy (non-hydrogen) atoms. The van der Waals surface area contributed by atoms with E-state index in [1.165, 1.54) is 36.4 Å². The summed E-state index contributed by atoms with van der Waals surface area (Å²) >= 11 is 13.7. The molecule has 1 aliphatic heterocycles. The van der Waals surface area contributed by atoms with Gasteiger partial charge in [-0.3, -0.25) is 0 Å². The van der Waals surface area contributed by atoms with Crippen molar-refractivity contribution in [2.24, 2.45) is 5.92 Å². The number of carbonyl (C=O) groups is 1. The Bertz CT molecular complexity index is 1620. The standard InChI is InChI=1S/C28H27Cl2F2N3O7S2/c29-21-13-34(37)14-22(30)20(21)12-24(17-6-7-23(42-28(31)32)25(10-17)40-15-16-4-5-16)41-27(36)26-35(8-9-43-26)44(38,39)19-3-1-2-18(33)11-19/h1-3,6-7,10-11,13-14,16,24,26,28H,4-5,8-9,12,15,33H2/t24-,26-/m0/s1. The van der Waals surface area contributed by atoms with Gasteiger partial charge in [0.25, 0.3) is 0 Å². The Kier molecular flexibility index (Phi) is 9.95. The highest BCUT2D eigenvalue weighted by molar-refractivity contribution is 8.02. The molecule has 2 heterocycles. The zero-order valence-electron chi connectivity index (χ0n) is 22.9. The van der Waals surface area contributed by atoms with Gasteiger partial charge in [-0.1, -0.05) is 35.3 Å². The number of rotatable bonds is 12. The molecule has 0 radical (unpaired) electrons. The number of esters is 1. The number of alkyl halides is 2. The third kappa shape index (κ3) is 7.60. The fourth-order valence-corrected chi connectivity index (χ4v) is 8.26. The lowest BCUT2D eigenvalue weighted by molar-refractivity contribution is -0.605. The van der Waals surface area contributed by atoms with Gasteiger partial charge in [0.1, 0.15) is 16.1 Å². The molecule has 1 saturated heterocycles. The van der Waals surface area contributed by atoms with Gasteiger partial charge in [-0.2, -0.15) is 17.8 Å². The fourth-order valence-electron chi connectivity index (χ4n) is 4.56. The Morgan fingerprint density at radius 3 is 2.52 bits per heavy atom. The summed E-state index contributed by atoms with van der Waals surface area (Å²) in [5.41, 5.74) is 6.62. The molecule has 2 fully saturated rings. The molecule has 1 aromatic heterocycles. The molecular weight excluding hydrogens is 663 g/mol. The molecule has 2 atom stereocenters. The highest BCUT2D eigenvalue weighted by Crippen LogP contribution is 2.39. The average Bonchev–Trinajstić information content (AvgIpc) is 3.65. The lowest BCUT2D eigenvalue weighted by Crippen LogP contribution is -2.40. The first kappa shape index (κ1) is 32.4. The summed E-state index contributed by atoms with van der Waals surface area (Å²) in [4.78, 5) is 13.6. The van der Waals surface area contributed by atoms with Crippen LogP contribution in [0.4, 0.5) is 14.5 Å². The quantitative estimate of drug-likeness (QED) is 0.118. The lowest BCUT2D eigenvalue weighted by atomic mass is 10.0. The smallest absolute Gasteiger partial charge is 0.387 e. The number of anilines is 1. The van der Waals surface area contributed by atoms with Gasteiger partial charge < -0.3 is 25.2 Å². The number of ether oxygens (including phenoxy) is 3. The number of thioether (sulfide) groups is 1. The Morgan fingerprint density at radius 1 is 1.14 bits per heavy atom. The third-order valence-electron chi connectivity index (χ3n) is 6.95. The van der Waals surface area contributed by atoms with Gasteiger partial charge in [-0.25, -0.2) is 13.2 Å². The van der Waals surface area contributed by atoms with E-state index in [1.54, 1.807) is 6.07 Å². The first-order chi connectivity index (χ1) is 20.9. The molecule has 0 unspecified atom stereocenters. The van der Waals surface area contributed by atoms with Crippen LogP contribution in [-0.2, 0) is 26.0 Å². The minimum atomic E-state index is -4.12. The molecule has 1 saturated carbocycles. The summed E-state index contributed by atoms with van der Waals surface area (Å²) in [5, 5.41) is 10.6. The molecule has 2 aliphatic rings. The number of sulfonamides is 1. The number of hydrogen-bond acceptors (Lipinski definition) is 9. The van der Waals surface area contributed by atoms with Gasteiger partial charge in [-0.15, -0.1) is 11.8 Å². The topological polar surface area (TPSA) is 135 Å². The van der Waals surface area contributed by atoms with Gasteiger partial charge in [0.2, 0.25) is 10.0 Å². The Hall–Kier alpha value is -3.04. The summed E-state index contributed by atoms with van der Waals surface area (Å²) in [7, 11) is -4.12. The normalized spacial score (nSPS) is 17.9. The number of nitrogens with two attached hydrogens (primary N) is 1. The van der Waals surface area contributed by atoms with Crippen molar-refractivity contribution in [3.05, 3.63) is 81.2 Å². The van der Waals surface area contributed by atoms with Gasteiger partial charge in [0.15, 0.2) is 29.3 Å². The zero-order valence-corrected chi connectivity index (χ0v) is 26.1. The second-order valence-corrected chi connectivity index (χ2v) is 14.1. The Balaban J connectivity index is 1.48. The van der Waals surface area contributed by atoms with Crippen LogP contribution in [0.3, 0.4) is 0 Å². The molecule has 0 spiro atoms. The maximum atomic E-state index is 13.7. The molecule has 2 N–H and O–H groups in total. The van der Waals surface area contributed by atoms with E-state index in [9.17, 15) is 27.2 Å². The molecule has 0 amide bonds. The zero-order chi connectivity index (χ0) is 31.6. The maximum Gasteiger partial charge on any atom is 0.387 e. The van der Waals surface area contributed by atoms with Crippen LogP contribution < -0.4 is 19.9 Å². The van der Waals surface area contributed by atoms with Gasteiger partial charge in [0, 0.05) is 30.0 Å². The second kappa shape index (κ2) is 13.5. The van der Waals surface area contributed by atoms with Crippen LogP contribution in [0.1, 0.15) is 30.1 Å². The molecule has 2 aromatic carbocycles. The van der Waals surface area contributed by atoms with Crippen LogP contribution in [-0.4, -0.2) is 49.6 Å². The van der Waals surface area contributed by atoms with Crippen molar-refractivity contribution in [2.75, 3.05) is 24.6 Å². The lowest BCUT2D eigenvalue weighted by Gasteiger charge is -2.26. The van der Waals surface area contributed by atoms with Crippen LogP contribution in [0.25, 0.3) is 0 Å². The van der Waals surface area contributed by atoms with E-state index >= 15 is 0 Å². The highest BCUT2D eigenvalue weighted by atomic mass is 35.5. The summed E-state index contributed by atoms with van der Waals surface area (Å²) in [6.07, 6.45) is 2.77. The summed E-state index contributed by atoms with van der Waals surface area (Å²) in [5.74, 6) is -0.451. The minimum absolute atomic E-state index is 0.00229. The number of hydrogen-bond donors (Lipinski definition) is 1. The molecule has 10 nitrogen and oxygen atoms in total. The molecule has 0 bridgehead atoms. The van der Waals surface area contributed by atoms with Crippen LogP contribution in [0.2, 0.25) is 10.0 Å². The van der Waals surface area contributed by atoms with Crippen molar-refractivity contribution in [3.63, 3.8) is 0 Å². The number of benzene rings is 2. The van der Waals surface area contributed by atoms with E-state index in [4.69, 9.17) is 38.4 Å². The van der Waals surface area contributed by atoms with Crippen molar-refractivity contribution in [1.82, 2.24) is 4.31 Å². The van der Waals surface area contributed by atoms with Crippen molar-refractivity contribution < 1.29 is 40.9 Å². The molecular formula is C28H27Cl2F2N3O7S2. The van der Waals surface area contributed by atoms with Crippen molar-refractivity contribution >= 4 is 56.6 Å².